The van der Waals surface area contributed by atoms with Gasteiger partial charge in [-0.2, -0.15) is 4.98 Å². The highest BCUT2D eigenvalue weighted by atomic mass is 35.5. The molecule has 2 unspecified atom stereocenters. The Balaban J connectivity index is 1.41. The first kappa shape index (κ1) is 20.4. The number of likely N-dealkylation sites (tertiary alicyclic amines) is 1. The van der Waals surface area contributed by atoms with Gasteiger partial charge in [0, 0.05) is 18.3 Å². The Morgan fingerprint density at radius 3 is 3.00 bits per heavy atom. The number of halogens is 2. The summed E-state index contributed by atoms with van der Waals surface area (Å²) in [5.74, 6) is 0.847. The second-order valence-corrected chi connectivity index (χ2v) is 7.76. The van der Waals surface area contributed by atoms with Crippen LogP contribution < -0.4 is 5.32 Å². The van der Waals surface area contributed by atoms with E-state index in [9.17, 15) is 9.18 Å². The van der Waals surface area contributed by atoms with Crippen LogP contribution >= 0.6 is 11.6 Å². The lowest BCUT2D eigenvalue weighted by Gasteiger charge is -2.34. The fourth-order valence-electron chi connectivity index (χ4n) is 3.55. The maximum atomic E-state index is 13.5. The summed E-state index contributed by atoms with van der Waals surface area (Å²) in [6, 6.07) is 9.08. The van der Waals surface area contributed by atoms with Crippen LogP contribution in [0.2, 0.25) is 5.02 Å². The maximum absolute atomic E-state index is 13.5. The second-order valence-electron chi connectivity index (χ2n) is 7.33. The molecule has 1 aliphatic heterocycles. The number of hydrogen-bond acceptors (Lipinski definition) is 6. The number of amides is 1. The van der Waals surface area contributed by atoms with Crippen molar-refractivity contribution < 1.29 is 13.7 Å². The molecule has 1 aromatic carbocycles. The van der Waals surface area contributed by atoms with Crippen LogP contribution in [-0.2, 0) is 4.79 Å². The van der Waals surface area contributed by atoms with E-state index >= 15 is 0 Å². The van der Waals surface area contributed by atoms with Crippen LogP contribution in [0.5, 0.6) is 0 Å². The summed E-state index contributed by atoms with van der Waals surface area (Å²) in [5, 5.41) is 7.33. The number of anilines is 1. The van der Waals surface area contributed by atoms with Crippen LogP contribution in [-0.4, -0.2) is 45.1 Å². The van der Waals surface area contributed by atoms with Crippen LogP contribution in [0.1, 0.15) is 31.6 Å². The van der Waals surface area contributed by atoms with E-state index in [0.29, 0.717) is 34.7 Å². The van der Waals surface area contributed by atoms with E-state index in [4.69, 9.17) is 16.1 Å². The zero-order chi connectivity index (χ0) is 21.1. The Hall–Kier alpha value is -2.84. The van der Waals surface area contributed by atoms with Crippen LogP contribution in [0.3, 0.4) is 0 Å². The molecule has 3 aromatic rings. The first-order chi connectivity index (χ1) is 14.5. The van der Waals surface area contributed by atoms with Gasteiger partial charge in [0.1, 0.15) is 11.6 Å². The van der Waals surface area contributed by atoms with Crippen molar-refractivity contribution in [1.82, 2.24) is 20.0 Å². The van der Waals surface area contributed by atoms with E-state index in [-0.39, 0.29) is 23.7 Å². The standard InChI is InChI=1S/C21H21ClFN5O2/c1-13(20(29)25-18-8-7-16(22)11-24-18)28-9-3-5-15(12-28)21-26-19(27-30-21)14-4-2-6-17(23)10-14/h2,4,6-8,10-11,13,15H,3,5,9,12H2,1H3,(H,24,25,29). The Labute approximate surface area is 178 Å². The van der Waals surface area contributed by atoms with Gasteiger partial charge in [0.2, 0.25) is 17.6 Å². The third-order valence-electron chi connectivity index (χ3n) is 5.23. The predicted octanol–water partition coefficient (Wildman–Crippen LogP) is 4.13. The Morgan fingerprint density at radius 1 is 1.37 bits per heavy atom. The van der Waals surface area contributed by atoms with E-state index < -0.39 is 0 Å². The van der Waals surface area contributed by atoms with Crippen LogP contribution in [0.15, 0.2) is 47.1 Å². The summed E-state index contributed by atoms with van der Waals surface area (Å²) >= 11 is 5.83. The number of carbonyl (C=O) groups excluding carboxylic acids is 1. The number of aromatic nitrogens is 3. The summed E-state index contributed by atoms with van der Waals surface area (Å²) < 4.78 is 18.9. The van der Waals surface area contributed by atoms with Gasteiger partial charge in [-0.25, -0.2) is 9.37 Å². The lowest BCUT2D eigenvalue weighted by molar-refractivity contribution is -0.121. The second kappa shape index (κ2) is 8.89. The average Bonchev–Trinajstić information content (AvgIpc) is 3.25. The molecule has 1 fully saturated rings. The third-order valence-corrected chi connectivity index (χ3v) is 5.46. The number of hydrogen-bond donors (Lipinski definition) is 1. The molecule has 30 heavy (non-hydrogen) atoms. The van der Waals surface area contributed by atoms with Crippen LogP contribution in [0, 0.1) is 5.82 Å². The van der Waals surface area contributed by atoms with Crippen molar-refractivity contribution in [2.45, 2.75) is 31.7 Å². The quantitative estimate of drug-likeness (QED) is 0.656. The first-order valence-electron chi connectivity index (χ1n) is 9.75. The van der Waals surface area contributed by atoms with Gasteiger partial charge >= 0.3 is 0 Å². The number of pyridine rings is 1. The normalized spacial score (nSPS) is 18.2. The molecule has 4 rings (SSSR count). The van der Waals surface area contributed by atoms with E-state index in [1.54, 1.807) is 24.3 Å². The molecule has 0 radical (unpaired) electrons. The molecule has 1 aliphatic rings. The average molecular weight is 430 g/mol. The number of carbonyl (C=O) groups is 1. The van der Waals surface area contributed by atoms with Crippen molar-refractivity contribution in [1.29, 1.82) is 0 Å². The Kier molecular flexibility index (Phi) is 6.06. The summed E-state index contributed by atoms with van der Waals surface area (Å²) in [6.45, 7) is 3.27. The fraction of sp³-hybridized carbons (Fsp3) is 0.333. The molecular weight excluding hydrogens is 409 g/mol. The van der Waals surface area contributed by atoms with Gasteiger partial charge in [-0.3, -0.25) is 9.69 Å². The molecule has 3 heterocycles. The van der Waals surface area contributed by atoms with Gasteiger partial charge in [0.15, 0.2) is 0 Å². The Bertz CT molecular complexity index is 1030. The largest absolute Gasteiger partial charge is 0.339 e. The van der Waals surface area contributed by atoms with E-state index in [2.05, 4.69) is 25.3 Å². The molecule has 9 heteroatoms. The van der Waals surface area contributed by atoms with E-state index in [0.717, 1.165) is 19.4 Å². The van der Waals surface area contributed by atoms with Gasteiger partial charge in [0.25, 0.3) is 0 Å². The third kappa shape index (κ3) is 4.66. The number of nitrogens with one attached hydrogen (secondary N) is 1. The molecule has 156 valence electrons. The number of nitrogens with zero attached hydrogens (tertiary/aromatic N) is 4. The highest BCUT2D eigenvalue weighted by Gasteiger charge is 2.31. The van der Waals surface area contributed by atoms with Crippen molar-refractivity contribution in [3.63, 3.8) is 0 Å². The summed E-state index contributed by atoms with van der Waals surface area (Å²) in [4.78, 5) is 23.3. The van der Waals surface area contributed by atoms with Crippen LogP contribution in [0.4, 0.5) is 10.2 Å². The minimum atomic E-state index is -0.351. The summed E-state index contributed by atoms with van der Waals surface area (Å²) in [5.41, 5.74) is 0.570. The zero-order valence-corrected chi connectivity index (χ0v) is 17.1. The predicted molar refractivity (Wildman–Crippen MR) is 111 cm³/mol. The molecule has 1 saturated heterocycles. The van der Waals surface area contributed by atoms with Crippen molar-refractivity contribution in [2.75, 3.05) is 18.4 Å². The number of rotatable bonds is 5. The van der Waals surface area contributed by atoms with Gasteiger partial charge < -0.3 is 9.84 Å². The first-order valence-corrected chi connectivity index (χ1v) is 10.1. The van der Waals surface area contributed by atoms with Crippen LogP contribution in [0.25, 0.3) is 11.4 Å². The van der Waals surface area contributed by atoms with Gasteiger partial charge in [-0.1, -0.05) is 28.9 Å². The highest BCUT2D eigenvalue weighted by Crippen LogP contribution is 2.29. The summed E-state index contributed by atoms with van der Waals surface area (Å²) in [7, 11) is 0. The number of benzene rings is 1. The van der Waals surface area contributed by atoms with Gasteiger partial charge in [0.05, 0.1) is 17.0 Å². The number of piperidine rings is 1. The fourth-order valence-corrected chi connectivity index (χ4v) is 3.66. The molecule has 1 N–H and O–H groups in total. The van der Waals surface area contributed by atoms with Gasteiger partial charge in [-0.15, -0.1) is 0 Å². The molecule has 7 nitrogen and oxygen atoms in total. The highest BCUT2D eigenvalue weighted by molar-refractivity contribution is 6.30. The molecule has 2 atom stereocenters. The lowest BCUT2D eigenvalue weighted by Crippen LogP contribution is -2.46. The monoisotopic (exact) mass is 429 g/mol. The van der Waals surface area contributed by atoms with Crippen molar-refractivity contribution in [3.8, 4) is 11.4 Å². The molecule has 0 bridgehead atoms. The Morgan fingerprint density at radius 2 is 2.23 bits per heavy atom. The topological polar surface area (TPSA) is 84.2 Å². The molecule has 2 aromatic heterocycles. The molecule has 0 saturated carbocycles. The van der Waals surface area contributed by atoms with Crippen molar-refractivity contribution >= 4 is 23.3 Å². The SMILES string of the molecule is CC(C(=O)Nc1ccc(Cl)cn1)N1CCCC(c2nc(-c3cccc(F)c3)no2)C1. The minimum Gasteiger partial charge on any atom is -0.339 e. The smallest absolute Gasteiger partial charge is 0.242 e. The molecular formula is C21H21ClFN5O2. The van der Waals surface area contributed by atoms with Gasteiger partial charge in [-0.05, 0) is 50.6 Å². The van der Waals surface area contributed by atoms with Crippen molar-refractivity contribution in [2.24, 2.45) is 0 Å². The van der Waals surface area contributed by atoms with E-state index in [1.807, 2.05) is 6.92 Å². The lowest BCUT2D eigenvalue weighted by atomic mass is 9.96. The summed E-state index contributed by atoms with van der Waals surface area (Å²) in [6.07, 6.45) is 3.28. The molecule has 0 spiro atoms. The van der Waals surface area contributed by atoms with E-state index in [1.165, 1.54) is 18.3 Å². The minimum absolute atomic E-state index is 0.0115. The molecule has 1 amide bonds. The molecule has 0 aliphatic carbocycles. The maximum Gasteiger partial charge on any atom is 0.242 e. The zero-order valence-electron chi connectivity index (χ0n) is 16.4. The van der Waals surface area contributed by atoms with Crippen molar-refractivity contribution in [3.05, 3.63) is 59.3 Å².